The molecule has 0 saturated heterocycles. The van der Waals surface area contributed by atoms with E-state index < -0.39 is 6.36 Å². The number of nitrogens with zero attached hydrogens (tertiary/aromatic N) is 4. The highest BCUT2D eigenvalue weighted by atomic mass is 19.4. The van der Waals surface area contributed by atoms with E-state index in [2.05, 4.69) is 9.84 Å². The SMILES string of the molecule is N#C/C(=C\c1ccc(-c2ccc(OC(F)(F)F)cc2)o1)c1nn(CCO)c(N)c1C#N. The van der Waals surface area contributed by atoms with Crippen LogP contribution < -0.4 is 10.5 Å². The largest absolute Gasteiger partial charge is 0.573 e. The first-order chi connectivity index (χ1) is 14.8. The van der Waals surface area contributed by atoms with Crippen LogP contribution in [-0.2, 0) is 6.54 Å². The second kappa shape index (κ2) is 8.65. The maximum Gasteiger partial charge on any atom is 0.573 e. The Morgan fingerprint density at radius 3 is 2.52 bits per heavy atom. The molecule has 158 valence electrons. The third kappa shape index (κ3) is 4.86. The number of allylic oxidation sites excluding steroid dienone is 1. The van der Waals surface area contributed by atoms with E-state index in [1.807, 2.05) is 12.1 Å². The molecule has 0 aliphatic rings. The van der Waals surface area contributed by atoms with E-state index in [1.165, 1.54) is 22.9 Å². The van der Waals surface area contributed by atoms with Gasteiger partial charge in [-0.05, 0) is 36.4 Å². The van der Waals surface area contributed by atoms with Crippen molar-refractivity contribution in [3.63, 3.8) is 0 Å². The van der Waals surface area contributed by atoms with E-state index in [1.54, 1.807) is 12.1 Å². The molecule has 2 aromatic heterocycles. The van der Waals surface area contributed by atoms with Gasteiger partial charge in [-0.15, -0.1) is 13.2 Å². The molecule has 11 heteroatoms. The van der Waals surface area contributed by atoms with Crippen LogP contribution in [0.25, 0.3) is 23.0 Å². The van der Waals surface area contributed by atoms with Crippen LogP contribution in [0.1, 0.15) is 17.0 Å². The number of nitrogen functional groups attached to an aromatic ring is 1. The number of aromatic nitrogens is 2. The molecule has 8 nitrogen and oxygen atoms in total. The summed E-state index contributed by atoms with van der Waals surface area (Å²) in [7, 11) is 0. The normalized spacial score (nSPS) is 11.7. The van der Waals surface area contributed by atoms with Crippen molar-refractivity contribution in [2.24, 2.45) is 0 Å². The van der Waals surface area contributed by atoms with E-state index in [0.717, 1.165) is 12.1 Å². The fourth-order valence-corrected chi connectivity index (χ4v) is 2.74. The molecule has 0 radical (unpaired) electrons. The zero-order valence-corrected chi connectivity index (χ0v) is 15.7. The van der Waals surface area contributed by atoms with Crippen LogP contribution in [0.2, 0.25) is 0 Å². The molecule has 0 aliphatic heterocycles. The molecule has 0 unspecified atom stereocenters. The summed E-state index contributed by atoms with van der Waals surface area (Å²) < 4.78 is 47.5. The summed E-state index contributed by atoms with van der Waals surface area (Å²) in [6, 6.07) is 12.0. The highest BCUT2D eigenvalue weighted by molar-refractivity contribution is 5.90. The molecule has 0 fully saturated rings. The van der Waals surface area contributed by atoms with Crippen LogP contribution in [0.15, 0.2) is 40.8 Å². The number of nitriles is 2. The van der Waals surface area contributed by atoms with Gasteiger partial charge in [0.2, 0.25) is 0 Å². The predicted molar refractivity (Wildman–Crippen MR) is 103 cm³/mol. The lowest BCUT2D eigenvalue weighted by Crippen LogP contribution is -2.16. The third-order valence-corrected chi connectivity index (χ3v) is 4.08. The molecule has 31 heavy (non-hydrogen) atoms. The summed E-state index contributed by atoms with van der Waals surface area (Å²) in [6.45, 7) is -0.200. The Hall–Kier alpha value is -4.22. The first kappa shape index (κ1) is 21.5. The molecular formula is C20H14F3N5O3. The molecule has 3 aromatic rings. The molecule has 0 atom stereocenters. The van der Waals surface area contributed by atoms with E-state index in [4.69, 9.17) is 15.3 Å². The Kier molecular flexibility index (Phi) is 6.00. The van der Waals surface area contributed by atoms with Gasteiger partial charge < -0.3 is 20.0 Å². The quantitative estimate of drug-likeness (QED) is 0.572. The van der Waals surface area contributed by atoms with Crippen molar-refractivity contribution in [2.75, 3.05) is 12.3 Å². The van der Waals surface area contributed by atoms with Gasteiger partial charge in [0.15, 0.2) is 0 Å². The molecule has 3 rings (SSSR count). The second-order valence-corrected chi connectivity index (χ2v) is 6.11. The van der Waals surface area contributed by atoms with Gasteiger partial charge in [-0.1, -0.05) is 0 Å². The maximum absolute atomic E-state index is 12.3. The minimum atomic E-state index is -4.78. The molecule has 0 saturated carbocycles. The van der Waals surface area contributed by atoms with E-state index in [9.17, 15) is 23.7 Å². The van der Waals surface area contributed by atoms with Gasteiger partial charge >= 0.3 is 6.36 Å². The van der Waals surface area contributed by atoms with Crippen molar-refractivity contribution in [1.29, 1.82) is 10.5 Å². The Bertz CT molecular complexity index is 1190. The number of anilines is 1. The number of halogens is 3. The number of alkyl halides is 3. The van der Waals surface area contributed by atoms with Gasteiger partial charge in [-0.25, -0.2) is 4.68 Å². The number of aliphatic hydroxyl groups excluding tert-OH is 1. The highest BCUT2D eigenvalue weighted by Crippen LogP contribution is 2.29. The molecule has 1 aromatic carbocycles. The number of furan rings is 1. The fraction of sp³-hybridized carbons (Fsp3) is 0.150. The van der Waals surface area contributed by atoms with E-state index in [0.29, 0.717) is 11.3 Å². The number of hydrogen-bond donors (Lipinski definition) is 2. The van der Waals surface area contributed by atoms with Crippen LogP contribution in [-0.4, -0.2) is 27.9 Å². The van der Waals surface area contributed by atoms with Crippen molar-refractivity contribution in [3.05, 3.63) is 53.4 Å². The van der Waals surface area contributed by atoms with Gasteiger partial charge in [0, 0.05) is 11.6 Å². The smallest absolute Gasteiger partial charge is 0.457 e. The summed E-state index contributed by atoms with van der Waals surface area (Å²) >= 11 is 0. The van der Waals surface area contributed by atoms with Crippen molar-refractivity contribution in [2.45, 2.75) is 12.9 Å². The molecule has 0 spiro atoms. The average molecular weight is 429 g/mol. The topological polar surface area (TPSA) is 134 Å². The van der Waals surface area contributed by atoms with Crippen LogP contribution in [0.3, 0.4) is 0 Å². The summed E-state index contributed by atoms with van der Waals surface area (Å²) in [4.78, 5) is 0. The van der Waals surface area contributed by atoms with Crippen LogP contribution in [0, 0.1) is 22.7 Å². The monoisotopic (exact) mass is 429 g/mol. The number of rotatable bonds is 6. The number of nitrogens with two attached hydrogens (primary N) is 1. The first-order valence-electron chi connectivity index (χ1n) is 8.71. The first-order valence-corrected chi connectivity index (χ1v) is 8.71. The second-order valence-electron chi connectivity index (χ2n) is 6.11. The summed E-state index contributed by atoms with van der Waals surface area (Å²) in [5.74, 6) is 0.248. The Morgan fingerprint density at radius 2 is 1.94 bits per heavy atom. The minimum Gasteiger partial charge on any atom is -0.457 e. The summed E-state index contributed by atoms with van der Waals surface area (Å²) in [5.41, 5.74) is 6.38. The van der Waals surface area contributed by atoms with E-state index in [-0.39, 0.29) is 47.3 Å². The Balaban J connectivity index is 1.89. The molecular weight excluding hydrogens is 415 g/mol. The van der Waals surface area contributed by atoms with E-state index >= 15 is 0 Å². The van der Waals surface area contributed by atoms with Crippen LogP contribution in [0.5, 0.6) is 5.75 Å². The van der Waals surface area contributed by atoms with Crippen LogP contribution >= 0.6 is 0 Å². The zero-order valence-electron chi connectivity index (χ0n) is 15.7. The van der Waals surface area contributed by atoms with Crippen molar-refractivity contribution in [1.82, 2.24) is 9.78 Å². The Morgan fingerprint density at radius 1 is 1.23 bits per heavy atom. The van der Waals surface area contributed by atoms with Gasteiger partial charge in [-0.3, -0.25) is 0 Å². The molecule has 0 bridgehead atoms. The molecule has 2 heterocycles. The lowest BCUT2D eigenvalue weighted by Gasteiger charge is -2.08. The van der Waals surface area contributed by atoms with Crippen molar-refractivity contribution in [3.8, 4) is 29.2 Å². The van der Waals surface area contributed by atoms with Crippen molar-refractivity contribution < 1.29 is 27.4 Å². The molecule has 3 N–H and O–H groups in total. The van der Waals surface area contributed by atoms with Gasteiger partial charge in [0.05, 0.1) is 18.7 Å². The number of hydrogen-bond acceptors (Lipinski definition) is 7. The highest BCUT2D eigenvalue weighted by Gasteiger charge is 2.31. The molecule has 0 amide bonds. The summed E-state index contributed by atoms with van der Waals surface area (Å²) in [6.07, 6.45) is -3.43. The Labute approximate surface area is 173 Å². The predicted octanol–water partition coefficient (Wildman–Crippen LogP) is 3.55. The standard InChI is InChI=1S/C20H14F3N5O3/c21-20(22,23)31-14-3-1-12(2-4-14)17-6-5-15(30-17)9-13(10-24)18-16(11-25)19(26)28(27-18)7-8-29/h1-6,9,29H,7-8,26H2/b13-9+. The number of aliphatic hydroxyl groups is 1. The summed E-state index contributed by atoms with van der Waals surface area (Å²) in [5, 5.41) is 32.1. The van der Waals surface area contributed by atoms with Gasteiger partial charge in [0.1, 0.15) is 46.5 Å². The lowest BCUT2D eigenvalue weighted by molar-refractivity contribution is -0.274. The van der Waals surface area contributed by atoms with Crippen molar-refractivity contribution >= 4 is 17.5 Å². The van der Waals surface area contributed by atoms with Gasteiger partial charge in [0.25, 0.3) is 0 Å². The van der Waals surface area contributed by atoms with Crippen LogP contribution in [0.4, 0.5) is 19.0 Å². The van der Waals surface area contributed by atoms with Gasteiger partial charge in [-0.2, -0.15) is 15.6 Å². The molecule has 0 aliphatic carbocycles. The number of benzene rings is 1. The average Bonchev–Trinajstić information content (AvgIpc) is 3.30. The zero-order chi connectivity index (χ0) is 22.6. The minimum absolute atomic E-state index is 0.00622. The fourth-order valence-electron chi connectivity index (χ4n) is 2.74. The maximum atomic E-state index is 12.3. The lowest BCUT2D eigenvalue weighted by atomic mass is 10.1. The number of ether oxygens (including phenoxy) is 1. The third-order valence-electron chi connectivity index (χ3n) is 4.08.